The number of rotatable bonds is 13. The number of ether oxygens (including phenoxy) is 2. The first kappa shape index (κ1) is 23.2. The number of hydrogen-bond acceptors (Lipinski definition) is 4. The van der Waals surface area contributed by atoms with E-state index in [0.717, 1.165) is 44.1 Å². The van der Waals surface area contributed by atoms with E-state index in [0.29, 0.717) is 37.0 Å². The van der Waals surface area contributed by atoms with Gasteiger partial charge in [-0.25, -0.2) is 0 Å². The van der Waals surface area contributed by atoms with E-state index in [4.69, 9.17) is 9.47 Å². The monoisotopic (exact) mass is 376 g/mol. The molecule has 152 valence electrons. The summed E-state index contributed by atoms with van der Waals surface area (Å²) >= 11 is 0. The molecule has 0 radical (unpaired) electrons. The smallest absolute Gasteiger partial charge is 0.311 e. The van der Waals surface area contributed by atoms with Crippen molar-refractivity contribution in [2.24, 2.45) is 5.92 Å². The van der Waals surface area contributed by atoms with Crippen molar-refractivity contribution >= 4 is 11.9 Å². The molecule has 0 spiro atoms. The predicted molar refractivity (Wildman–Crippen MR) is 109 cm³/mol. The van der Waals surface area contributed by atoms with Gasteiger partial charge in [-0.15, -0.1) is 0 Å². The molecule has 0 aliphatic heterocycles. The van der Waals surface area contributed by atoms with Crippen LogP contribution in [0, 0.1) is 5.92 Å². The number of unbranched alkanes of at least 4 members (excludes halogenated alkanes) is 5. The molecule has 1 rings (SSSR count). The summed E-state index contributed by atoms with van der Waals surface area (Å²) in [7, 11) is 0. The van der Waals surface area contributed by atoms with Gasteiger partial charge in [0.05, 0.1) is 6.61 Å². The van der Waals surface area contributed by atoms with Crippen molar-refractivity contribution < 1.29 is 19.1 Å². The maximum absolute atomic E-state index is 12.0. The topological polar surface area (TPSA) is 52.6 Å². The van der Waals surface area contributed by atoms with E-state index < -0.39 is 0 Å². The standard InChI is InChI=1S/C23H36O4/c1-18(2)17-26-22(24)15-9-7-5-6-8-10-16-23(25)27-21-14-12-11-13-20(21)19(3)4/h11-14,18-19H,5-10,15-17H2,1-4H3. The summed E-state index contributed by atoms with van der Waals surface area (Å²) in [6.45, 7) is 8.77. The molecular formula is C23H36O4. The Balaban J connectivity index is 2.07. The highest BCUT2D eigenvalue weighted by molar-refractivity contribution is 5.72. The fourth-order valence-electron chi connectivity index (χ4n) is 2.80. The van der Waals surface area contributed by atoms with Crippen molar-refractivity contribution in [1.29, 1.82) is 0 Å². The van der Waals surface area contributed by atoms with Crippen LogP contribution in [-0.2, 0) is 14.3 Å². The van der Waals surface area contributed by atoms with Crippen LogP contribution in [0.5, 0.6) is 5.75 Å². The number of carbonyl (C=O) groups is 2. The largest absolute Gasteiger partial charge is 0.465 e. The molecule has 0 saturated heterocycles. The molecular weight excluding hydrogens is 340 g/mol. The Labute approximate surface area is 164 Å². The van der Waals surface area contributed by atoms with Crippen LogP contribution in [0.25, 0.3) is 0 Å². The van der Waals surface area contributed by atoms with Gasteiger partial charge in [-0.05, 0) is 36.3 Å². The molecule has 4 heteroatoms. The lowest BCUT2D eigenvalue weighted by Crippen LogP contribution is -2.09. The predicted octanol–water partition coefficient (Wildman–Crippen LogP) is 6.04. The molecule has 0 atom stereocenters. The molecule has 0 aliphatic rings. The van der Waals surface area contributed by atoms with Crippen LogP contribution < -0.4 is 4.74 Å². The van der Waals surface area contributed by atoms with Gasteiger partial charge >= 0.3 is 11.9 Å². The Kier molecular flexibility index (Phi) is 11.5. The zero-order valence-corrected chi connectivity index (χ0v) is 17.5. The van der Waals surface area contributed by atoms with Gasteiger partial charge in [0.15, 0.2) is 0 Å². The Morgan fingerprint density at radius 2 is 1.37 bits per heavy atom. The lowest BCUT2D eigenvalue weighted by atomic mass is 10.0. The quantitative estimate of drug-likeness (QED) is 0.239. The second kappa shape index (κ2) is 13.3. The number of benzene rings is 1. The number of esters is 2. The number of carbonyl (C=O) groups excluding carboxylic acids is 2. The van der Waals surface area contributed by atoms with E-state index in [-0.39, 0.29) is 11.9 Å². The molecule has 0 aromatic heterocycles. The molecule has 1 aromatic carbocycles. The van der Waals surface area contributed by atoms with Crippen LogP contribution in [0.2, 0.25) is 0 Å². The molecule has 0 amide bonds. The Morgan fingerprint density at radius 1 is 0.815 bits per heavy atom. The van der Waals surface area contributed by atoms with Crippen LogP contribution in [0.3, 0.4) is 0 Å². The van der Waals surface area contributed by atoms with Crippen LogP contribution in [0.1, 0.15) is 90.5 Å². The van der Waals surface area contributed by atoms with Crippen molar-refractivity contribution in [3.8, 4) is 5.75 Å². The third kappa shape index (κ3) is 10.8. The first-order valence-corrected chi connectivity index (χ1v) is 10.4. The minimum Gasteiger partial charge on any atom is -0.465 e. The fraction of sp³-hybridized carbons (Fsp3) is 0.652. The van der Waals surface area contributed by atoms with Gasteiger partial charge in [0, 0.05) is 12.8 Å². The maximum Gasteiger partial charge on any atom is 0.311 e. The first-order chi connectivity index (χ1) is 12.9. The molecule has 0 fully saturated rings. The molecule has 0 unspecified atom stereocenters. The average molecular weight is 377 g/mol. The van der Waals surface area contributed by atoms with Crippen molar-refractivity contribution in [2.45, 2.75) is 85.0 Å². The summed E-state index contributed by atoms with van der Waals surface area (Å²) < 4.78 is 10.7. The zero-order chi connectivity index (χ0) is 20.1. The molecule has 0 N–H and O–H groups in total. The highest BCUT2D eigenvalue weighted by Gasteiger charge is 2.11. The lowest BCUT2D eigenvalue weighted by Gasteiger charge is -2.12. The van der Waals surface area contributed by atoms with Crippen LogP contribution in [-0.4, -0.2) is 18.5 Å². The van der Waals surface area contributed by atoms with Crippen molar-refractivity contribution in [1.82, 2.24) is 0 Å². The van der Waals surface area contributed by atoms with Gasteiger partial charge in [-0.3, -0.25) is 9.59 Å². The minimum absolute atomic E-state index is 0.0897. The van der Waals surface area contributed by atoms with Crippen molar-refractivity contribution in [3.05, 3.63) is 29.8 Å². The third-order valence-electron chi connectivity index (χ3n) is 4.35. The molecule has 4 nitrogen and oxygen atoms in total. The van der Waals surface area contributed by atoms with Crippen LogP contribution in [0.15, 0.2) is 24.3 Å². The van der Waals surface area contributed by atoms with E-state index in [1.54, 1.807) is 0 Å². The minimum atomic E-state index is -0.156. The molecule has 1 aromatic rings. The highest BCUT2D eigenvalue weighted by atomic mass is 16.5. The zero-order valence-electron chi connectivity index (χ0n) is 17.5. The molecule has 0 saturated carbocycles. The lowest BCUT2D eigenvalue weighted by molar-refractivity contribution is -0.144. The number of hydrogen-bond donors (Lipinski definition) is 0. The van der Waals surface area contributed by atoms with Crippen molar-refractivity contribution in [2.75, 3.05) is 6.61 Å². The van der Waals surface area contributed by atoms with Gasteiger partial charge < -0.3 is 9.47 Å². The first-order valence-electron chi connectivity index (χ1n) is 10.4. The Hall–Kier alpha value is -1.84. The Morgan fingerprint density at radius 3 is 1.96 bits per heavy atom. The maximum atomic E-state index is 12.0. The van der Waals surface area contributed by atoms with Gasteiger partial charge in [-0.2, -0.15) is 0 Å². The normalized spacial score (nSPS) is 11.0. The van der Waals surface area contributed by atoms with E-state index in [9.17, 15) is 9.59 Å². The summed E-state index contributed by atoms with van der Waals surface area (Å²) in [6, 6.07) is 7.73. The molecule has 0 aliphatic carbocycles. The van der Waals surface area contributed by atoms with Gasteiger partial charge in [0.2, 0.25) is 0 Å². The average Bonchev–Trinajstić information content (AvgIpc) is 2.62. The fourth-order valence-corrected chi connectivity index (χ4v) is 2.80. The van der Waals surface area contributed by atoms with Gasteiger partial charge in [-0.1, -0.05) is 71.6 Å². The second-order valence-corrected chi connectivity index (χ2v) is 7.86. The van der Waals surface area contributed by atoms with Crippen LogP contribution in [0.4, 0.5) is 0 Å². The summed E-state index contributed by atoms with van der Waals surface area (Å²) in [6.07, 6.45) is 6.90. The third-order valence-corrected chi connectivity index (χ3v) is 4.35. The highest BCUT2D eigenvalue weighted by Crippen LogP contribution is 2.26. The van der Waals surface area contributed by atoms with Gasteiger partial charge in [0.25, 0.3) is 0 Å². The SMILES string of the molecule is CC(C)COC(=O)CCCCCCCCC(=O)Oc1ccccc1C(C)C. The molecule has 0 bridgehead atoms. The number of para-hydroxylation sites is 1. The molecule has 0 heterocycles. The van der Waals surface area contributed by atoms with E-state index in [2.05, 4.69) is 13.8 Å². The van der Waals surface area contributed by atoms with Gasteiger partial charge in [0.1, 0.15) is 5.75 Å². The summed E-state index contributed by atoms with van der Waals surface area (Å²) in [5.74, 6) is 1.15. The Bertz CT molecular complexity index is 563. The summed E-state index contributed by atoms with van der Waals surface area (Å²) in [5.41, 5.74) is 1.07. The van der Waals surface area contributed by atoms with Crippen molar-refractivity contribution in [3.63, 3.8) is 0 Å². The van der Waals surface area contributed by atoms with E-state index >= 15 is 0 Å². The molecule has 27 heavy (non-hydrogen) atoms. The van der Waals surface area contributed by atoms with E-state index in [1.165, 1.54) is 0 Å². The summed E-state index contributed by atoms with van der Waals surface area (Å²) in [5, 5.41) is 0. The summed E-state index contributed by atoms with van der Waals surface area (Å²) in [4.78, 5) is 23.5. The van der Waals surface area contributed by atoms with E-state index in [1.807, 2.05) is 38.1 Å². The second-order valence-electron chi connectivity index (χ2n) is 7.86. The van der Waals surface area contributed by atoms with Crippen LogP contribution >= 0.6 is 0 Å².